The highest BCUT2D eigenvalue weighted by Gasteiger charge is 2.15. The van der Waals surface area contributed by atoms with Gasteiger partial charge in [0.05, 0.1) is 16.4 Å². The van der Waals surface area contributed by atoms with Crippen LogP contribution in [0.2, 0.25) is 5.02 Å². The Bertz CT molecular complexity index is 342. The lowest BCUT2D eigenvalue weighted by molar-refractivity contribution is 0.582. The summed E-state index contributed by atoms with van der Waals surface area (Å²) in [6.45, 7) is 5.51. The number of amidine groups is 1. The minimum absolute atomic E-state index is 0.0854. The number of halogens is 1. The summed E-state index contributed by atoms with van der Waals surface area (Å²) < 4.78 is 1.67. The Balaban J connectivity index is 3.15. The third-order valence-electron chi connectivity index (χ3n) is 2.05. The van der Waals surface area contributed by atoms with Crippen molar-refractivity contribution in [2.24, 2.45) is 5.73 Å². The van der Waals surface area contributed by atoms with Crippen molar-refractivity contribution in [3.63, 3.8) is 0 Å². The molecule has 0 amide bonds. The van der Waals surface area contributed by atoms with Crippen molar-refractivity contribution in [1.29, 1.82) is 5.41 Å². The molecule has 3 N–H and O–H groups in total. The van der Waals surface area contributed by atoms with Crippen LogP contribution in [-0.4, -0.2) is 15.6 Å². The van der Waals surface area contributed by atoms with E-state index in [0.717, 1.165) is 11.4 Å². The third-order valence-corrected chi connectivity index (χ3v) is 2.60. The number of hydrogen-bond acceptors (Lipinski definition) is 2. The van der Waals surface area contributed by atoms with Crippen LogP contribution in [0.4, 0.5) is 0 Å². The van der Waals surface area contributed by atoms with E-state index in [9.17, 15) is 0 Å². The molecule has 0 saturated heterocycles. The molecule has 4 nitrogen and oxygen atoms in total. The third kappa shape index (κ3) is 1.67. The summed E-state index contributed by atoms with van der Waals surface area (Å²) in [4.78, 5) is 0. The molecule has 0 spiro atoms. The fourth-order valence-electron chi connectivity index (χ4n) is 1.15. The minimum atomic E-state index is -0.230. The molecule has 1 aromatic rings. The molecule has 1 aromatic heterocycles. The highest BCUT2D eigenvalue weighted by molar-refractivity contribution is 6.31. The van der Waals surface area contributed by atoms with Gasteiger partial charge >= 0.3 is 0 Å². The van der Waals surface area contributed by atoms with Gasteiger partial charge in [-0.1, -0.05) is 11.6 Å². The first-order chi connectivity index (χ1) is 5.95. The van der Waals surface area contributed by atoms with Crippen molar-refractivity contribution in [3.05, 3.63) is 16.4 Å². The summed E-state index contributed by atoms with van der Waals surface area (Å²) in [5.41, 5.74) is 7.00. The van der Waals surface area contributed by atoms with Gasteiger partial charge in [-0.05, 0) is 20.8 Å². The van der Waals surface area contributed by atoms with Crippen LogP contribution < -0.4 is 5.73 Å². The van der Waals surface area contributed by atoms with Crippen LogP contribution in [0.25, 0.3) is 0 Å². The topological polar surface area (TPSA) is 67.7 Å². The standard InChI is InChI=1S/C8H13ClN4/c1-4-7(9)5(2)13(12-4)6(3)8(10)11/h6H,1-3H3,(H3,10,11). The number of aryl methyl sites for hydroxylation is 1. The van der Waals surface area contributed by atoms with Crippen molar-refractivity contribution in [2.45, 2.75) is 26.8 Å². The number of rotatable bonds is 2. The molecule has 1 rings (SSSR count). The first-order valence-electron chi connectivity index (χ1n) is 4.00. The normalized spacial score (nSPS) is 12.9. The first kappa shape index (κ1) is 10.1. The molecular weight excluding hydrogens is 188 g/mol. The quantitative estimate of drug-likeness (QED) is 0.563. The Hall–Kier alpha value is -1.03. The zero-order chi connectivity index (χ0) is 10.2. The summed E-state index contributed by atoms with van der Waals surface area (Å²) in [5.74, 6) is 0.0854. The van der Waals surface area contributed by atoms with Gasteiger partial charge in [0.15, 0.2) is 0 Å². The number of nitrogens with two attached hydrogens (primary N) is 1. The lowest BCUT2D eigenvalue weighted by atomic mass is 10.3. The van der Waals surface area contributed by atoms with Gasteiger partial charge in [-0.2, -0.15) is 5.10 Å². The van der Waals surface area contributed by atoms with E-state index in [1.165, 1.54) is 0 Å². The molecule has 1 heterocycles. The Morgan fingerprint density at radius 2 is 2.15 bits per heavy atom. The van der Waals surface area contributed by atoms with Gasteiger partial charge < -0.3 is 5.73 Å². The molecule has 0 aliphatic heterocycles. The summed E-state index contributed by atoms with van der Waals surface area (Å²) in [7, 11) is 0. The number of aromatic nitrogens is 2. The van der Waals surface area contributed by atoms with E-state index in [1.807, 2.05) is 20.8 Å². The van der Waals surface area contributed by atoms with Crippen molar-refractivity contribution in [2.75, 3.05) is 0 Å². The Morgan fingerprint density at radius 1 is 1.62 bits per heavy atom. The molecule has 13 heavy (non-hydrogen) atoms. The number of hydrogen-bond donors (Lipinski definition) is 2. The van der Waals surface area contributed by atoms with Crippen LogP contribution in [-0.2, 0) is 0 Å². The molecule has 0 aromatic carbocycles. The van der Waals surface area contributed by atoms with E-state index in [-0.39, 0.29) is 11.9 Å². The van der Waals surface area contributed by atoms with E-state index in [4.69, 9.17) is 22.7 Å². The molecular formula is C8H13ClN4. The van der Waals surface area contributed by atoms with E-state index < -0.39 is 0 Å². The average Bonchev–Trinajstić information content (AvgIpc) is 2.31. The average molecular weight is 201 g/mol. The maximum atomic E-state index is 7.29. The molecule has 0 fully saturated rings. The van der Waals surface area contributed by atoms with Crippen LogP contribution in [0.1, 0.15) is 24.4 Å². The van der Waals surface area contributed by atoms with Crippen LogP contribution in [0.3, 0.4) is 0 Å². The molecule has 0 aliphatic rings. The molecule has 0 aliphatic carbocycles. The van der Waals surface area contributed by atoms with Gasteiger partial charge in [-0.3, -0.25) is 10.1 Å². The van der Waals surface area contributed by atoms with Crippen molar-refractivity contribution >= 4 is 17.4 Å². The van der Waals surface area contributed by atoms with Gasteiger partial charge in [0.25, 0.3) is 0 Å². The smallest absolute Gasteiger partial charge is 0.116 e. The largest absolute Gasteiger partial charge is 0.386 e. The lowest BCUT2D eigenvalue weighted by Crippen LogP contribution is -2.24. The Kier molecular flexibility index (Phi) is 2.61. The molecule has 1 unspecified atom stereocenters. The summed E-state index contributed by atoms with van der Waals surface area (Å²) >= 11 is 5.95. The molecule has 0 saturated carbocycles. The second-order valence-corrected chi connectivity index (χ2v) is 3.44. The highest BCUT2D eigenvalue weighted by Crippen LogP contribution is 2.21. The van der Waals surface area contributed by atoms with Gasteiger partial charge in [0.1, 0.15) is 11.9 Å². The zero-order valence-electron chi connectivity index (χ0n) is 7.93. The Labute approximate surface area is 82.2 Å². The number of nitrogens with one attached hydrogen (secondary N) is 1. The fourth-order valence-corrected chi connectivity index (χ4v) is 1.28. The zero-order valence-corrected chi connectivity index (χ0v) is 8.68. The molecule has 1 atom stereocenters. The fraction of sp³-hybridized carbons (Fsp3) is 0.500. The highest BCUT2D eigenvalue weighted by atomic mass is 35.5. The molecule has 5 heteroatoms. The summed E-state index contributed by atoms with van der Waals surface area (Å²) in [6.07, 6.45) is 0. The van der Waals surface area contributed by atoms with Crippen molar-refractivity contribution in [1.82, 2.24) is 9.78 Å². The van der Waals surface area contributed by atoms with E-state index in [2.05, 4.69) is 5.10 Å². The van der Waals surface area contributed by atoms with Gasteiger partial charge in [0, 0.05) is 0 Å². The summed E-state index contributed by atoms with van der Waals surface area (Å²) in [6, 6.07) is -0.230. The molecule has 0 bridgehead atoms. The monoisotopic (exact) mass is 200 g/mol. The van der Waals surface area contributed by atoms with Gasteiger partial charge in [0.2, 0.25) is 0 Å². The number of nitrogens with zero attached hydrogens (tertiary/aromatic N) is 2. The SMILES string of the molecule is Cc1nn(C(C)C(=N)N)c(C)c1Cl. The van der Waals surface area contributed by atoms with E-state index in [0.29, 0.717) is 5.02 Å². The molecule has 0 radical (unpaired) electrons. The van der Waals surface area contributed by atoms with E-state index in [1.54, 1.807) is 4.68 Å². The second kappa shape index (κ2) is 3.38. The van der Waals surface area contributed by atoms with Crippen LogP contribution in [0, 0.1) is 19.3 Å². The lowest BCUT2D eigenvalue weighted by Gasteiger charge is -2.11. The maximum absolute atomic E-state index is 7.29. The van der Waals surface area contributed by atoms with Crippen LogP contribution >= 0.6 is 11.6 Å². The second-order valence-electron chi connectivity index (χ2n) is 3.06. The maximum Gasteiger partial charge on any atom is 0.116 e. The summed E-state index contributed by atoms with van der Waals surface area (Å²) in [5, 5.41) is 12.1. The predicted octanol–water partition coefficient (Wildman–Crippen LogP) is 1.65. The first-order valence-corrected chi connectivity index (χ1v) is 4.38. The van der Waals surface area contributed by atoms with Crippen molar-refractivity contribution in [3.8, 4) is 0 Å². The minimum Gasteiger partial charge on any atom is -0.386 e. The van der Waals surface area contributed by atoms with Gasteiger partial charge in [-0.15, -0.1) is 0 Å². The Morgan fingerprint density at radius 3 is 2.46 bits per heavy atom. The van der Waals surface area contributed by atoms with Crippen LogP contribution in [0.5, 0.6) is 0 Å². The molecule has 72 valence electrons. The van der Waals surface area contributed by atoms with Crippen LogP contribution in [0.15, 0.2) is 0 Å². The predicted molar refractivity (Wildman–Crippen MR) is 53.3 cm³/mol. The van der Waals surface area contributed by atoms with Crippen molar-refractivity contribution < 1.29 is 0 Å². The van der Waals surface area contributed by atoms with Gasteiger partial charge in [-0.25, -0.2) is 0 Å². The van der Waals surface area contributed by atoms with E-state index >= 15 is 0 Å².